The Morgan fingerprint density at radius 1 is 1.15 bits per heavy atom. The van der Waals surface area contributed by atoms with Crippen molar-refractivity contribution in [2.24, 2.45) is 22.6 Å². The lowest BCUT2D eigenvalue weighted by Gasteiger charge is -2.30. The predicted octanol–water partition coefficient (Wildman–Crippen LogP) is 2.72. The third-order valence-corrected chi connectivity index (χ3v) is 5.10. The van der Waals surface area contributed by atoms with E-state index in [0.717, 1.165) is 24.6 Å². The molecule has 1 saturated carbocycles. The Bertz CT molecular complexity index is 332. The Morgan fingerprint density at radius 2 is 1.75 bits per heavy atom. The van der Waals surface area contributed by atoms with Crippen LogP contribution in [0.1, 0.15) is 25.7 Å². The average Bonchev–Trinajstić information content (AvgIpc) is 2.45. The van der Waals surface area contributed by atoms with E-state index >= 15 is 0 Å². The number of hydrogen-bond donors (Lipinski definition) is 1. The molecule has 20 heavy (non-hydrogen) atoms. The maximum atomic E-state index is 12.6. The van der Waals surface area contributed by atoms with Crippen molar-refractivity contribution in [3.8, 4) is 0 Å². The summed E-state index contributed by atoms with van der Waals surface area (Å²) in [4.78, 5) is 6.46. The van der Waals surface area contributed by atoms with Crippen LogP contribution in [-0.2, 0) is 0 Å². The lowest BCUT2D eigenvalue weighted by molar-refractivity contribution is -0.183. The lowest BCUT2D eigenvalue weighted by atomic mass is 9.82. The van der Waals surface area contributed by atoms with Gasteiger partial charge >= 0.3 is 6.18 Å². The molecule has 1 aliphatic carbocycles. The second kappa shape index (κ2) is 6.91. The number of aliphatic imine (C=N–C) groups is 1. The van der Waals surface area contributed by atoms with E-state index in [-0.39, 0.29) is 18.8 Å². The van der Waals surface area contributed by atoms with E-state index in [1.165, 1.54) is 0 Å². The minimum Gasteiger partial charge on any atom is -0.370 e. The summed E-state index contributed by atoms with van der Waals surface area (Å²) in [7, 11) is 0. The number of rotatable bonds is 2. The van der Waals surface area contributed by atoms with Crippen LogP contribution in [0, 0.1) is 11.8 Å². The number of alkyl halides is 3. The van der Waals surface area contributed by atoms with Gasteiger partial charge in [-0.1, -0.05) is 0 Å². The zero-order chi connectivity index (χ0) is 14.6. The molecule has 0 aromatic rings. The van der Waals surface area contributed by atoms with Gasteiger partial charge in [0.05, 0.1) is 5.92 Å². The minimum absolute atomic E-state index is 0.240. The maximum Gasteiger partial charge on any atom is 0.391 e. The Balaban J connectivity index is 1.75. The van der Waals surface area contributed by atoms with E-state index in [1.54, 1.807) is 0 Å². The van der Waals surface area contributed by atoms with E-state index < -0.39 is 12.1 Å². The molecular formula is C13H22F3N3S. The number of thioether (sulfide) groups is 1. The summed E-state index contributed by atoms with van der Waals surface area (Å²) in [6.45, 7) is 2.40. The van der Waals surface area contributed by atoms with Crippen LogP contribution in [0.5, 0.6) is 0 Å². The summed E-state index contributed by atoms with van der Waals surface area (Å²) in [6.07, 6.45) is -2.33. The fourth-order valence-corrected chi connectivity index (χ4v) is 3.69. The highest BCUT2D eigenvalue weighted by atomic mass is 32.2. The molecular weight excluding hydrogens is 287 g/mol. The molecule has 116 valence electrons. The highest BCUT2D eigenvalue weighted by molar-refractivity contribution is 7.99. The number of halogens is 3. The molecule has 2 fully saturated rings. The van der Waals surface area contributed by atoms with Crippen molar-refractivity contribution in [2.75, 3.05) is 31.1 Å². The first-order valence-corrected chi connectivity index (χ1v) is 8.31. The van der Waals surface area contributed by atoms with Gasteiger partial charge in [0.25, 0.3) is 0 Å². The molecule has 2 N–H and O–H groups in total. The van der Waals surface area contributed by atoms with Gasteiger partial charge in [0, 0.05) is 31.1 Å². The molecule has 0 atom stereocenters. The molecule has 2 aliphatic rings. The van der Waals surface area contributed by atoms with Crippen molar-refractivity contribution in [3.63, 3.8) is 0 Å². The fourth-order valence-electron chi connectivity index (χ4n) is 2.79. The van der Waals surface area contributed by atoms with Crippen molar-refractivity contribution < 1.29 is 13.2 Å². The zero-order valence-electron chi connectivity index (χ0n) is 11.5. The number of nitrogens with two attached hydrogens (primary N) is 1. The maximum absolute atomic E-state index is 12.6. The molecule has 1 heterocycles. The molecule has 2 rings (SSSR count). The standard InChI is InChI=1S/C13H22F3N3S/c14-13(15,16)11-3-1-10(2-4-11)9-18-12(17)19-5-7-20-8-6-19/h10-11H,1-9H2,(H2,17,18). The minimum atomic E-state index is -4.03. The third-order valence-electron chi connectivity index (χ3n) is 4.16. The van der Waals surface area contributed by atoms with Crippen LogP contribution in [0.25, 0.3) is 0 Å². The van der Waals surface area contributed by atoms with E-state index in [1.807, 2.05) is 11.8 Å². The highest BCUT2D eigenvalue weighted by Gasteiger charge is 2.41. The quantitative estimate of drug-likeness (QED) is 0.630. The van der Waals surface area contributed by atoms with Crippen LogP contribution in [0.4, 0.5) is 13.2 Å². The SMILES string of the molecule is NC(=NCC1CCC(C(F)(F)F)CC1)N1CCSCC1. The smallest absolute Gasteiger partial charge is 0.370 e. The molecule has 1 saturated heterocycles. The van der Waals surface area contributed by atoms with Crippen LogP contribution in [0.15, 0.2) is 4.99 Å². The Morgan fingerprint density at radius 3 is 2.30 bits per heavy atom. The van der Waals surface area contributed by atoms with Crippen molar-refractivity contribution in [1.29, 1.82) is 0 Å². The second-order valence-electron chi connectivity index (χ2n) is 5.56. The molecule has 0 aromatic heterocycles. The Labute approximate surface area is 122 Å². The van der Waals surface area contributed by atoms with Crippen LogP contribution in [0.3, 0.4) is 0 Å². The summed E-state index contributed by atoms with van der Waals surface area (Å²) in [5.41, 5.74) is 5.95. The van der Waals surface area contributed by atoms with Crippen molar-refractivity contribution in [2.45, 2.75) is 31.9 Å². The van der Waals surface area contributed by atoms with Crippen LogP contribution in [0.2, 0.25) is 0 Å². The molecule has 0 radical (unpaired) electrons. The van der Waals surface area contributed by atoms with Gasteiger partial charge in [-0.2, -0.15) is 24.9 Å². The predicted molar refractivity (Wildman–Crippen MR) is 76.9 cm³/mol. The number of guanidine groups is 1. The van der Waals surface area contributed by atoms with Gasteiger partial charge in [-0.05, 0) is 31.6 Å². The third kappa shape index (κ3) is 4.46. The summed E-state index contributed by atoms with van der Waals surface area (Å²) in [6, 6.07) is 0. The summed E-state index contributed by atoms with van der Waals surface area (Å²) >= 11 is 1.91. The van der Waals surface area contributed by atoms with Gasteiger partial charge in [-0.3, -0.25) is 4.99 Å². The average molecular weight is 309 g/mol. The van der Waals surface area contributed by atoms with Gasteiger partial charge < -0.3 is 10.6 Å². The van der Waals surface area contributed by atoms with Gasteiger partial charge in [0.1, 0.15) is 0 Å². The molecule has 0 aromatic carbocycles. The Hall–Kier alpha value is -0.590. The fraction of sp³-hybridized carbons (Fsp3) is 0.923. The van der Waals surface area contributed by atoms with E-state index in [0.29, 0.717) is 25.3 Å². The first-order chi connectivity index (χ1) is 9.47. The molecule has 0 unspecified atom stereocenters. The normalized spacial score (nSPS) is 29.6. The van der Waals surface area contributed by atoms with Crippen LogP contribution >= 0.6 is 11.8 Å². The number of nitrogens with zero attached hydrogens (tertiary/aromatic N) is 2. The van der Waals surface area contributed by atoms with Crippen molar-refractivity contribution in [3.05, 3.63) is 0 Å². The Kier molecular flexibility index (Phi) is 5.46. The van der Waals surface area contributed by atoms with E-state index in [9.17, 15) is 13.2 Å². The van der Waals surface area contributed by atoms with Crippen molar-refractivity contribution >= 4 is 17.7 Å². The number of hydrogen-bond acceptors (Lipinski definition) is 2. The van der Waals surface area contributed by atoms with Gasteiger partial charge in [-0.25, -0.2) is 0 Å². The summed E-state index contributed by atoms with van der Waals surface area (Å²) < 4.78 is 37.7. The lowest BCUT2D eigenvalue weighted by Crippen LogP contribution is -2.43. The molecule has 1 aliphatic heterocycles. The van der Waals surface area contributed by atoms with Gasteiger partial charge in [0.15, 0.2) is 5.96 Å². The molecule has 0 bridgehead atoms. The second-order valence-corrected chi connectivity index (χ2v) is 6.78. The molecule has 0 spiro atoms. The topological polar surface area (TPSA) is 41.6 Å². The van der Waals surface area contributed by atoms with Gasteiger partial charge in [0.2, 0.25) is 0 Å². The van der Waals surface area contributed by atoms with Crippen LogP contribution < -0.4 is 5.73 Å². The van der Waals surface area contributed by atoms with E-state index in [4.69, 9.17) is 5.73 Å². The molecule has 7 heteroatoms. The first kappa shape index (κ1) is 15.8. The van der Waals surface area contributed by atoms with Crippen molar-refractivity contribution in [1.82, 2.24) is 4.90 Å². The molecule has 3 nitrogen and oxygen atoms in total. The highest BCUT2D eigenvalue weighted by Crippen LogP contribution is 2.39. The van der Waals surface area contributed by atoms with E-state index in [2.05, 4.69) is 9.89 Å². The first-order valence-electron chi connectivity index (χ1n) is 7.16. The monoisotopic (exact) mass is 309 g/mol. The molecule has 0 amide bonds. The van der Waals surface area contributed by atoms with Crippen LogP contribution in [-0.4, -0.2) is 48.2 Å². The largest absolute Gasteiger partial charge is 0.391 e. The summed E-state index contributed by atoms with van der Waals surface area (Å²) in [5, 5.41) is 0. The summed E-state index contributed by atoms with van der Waals surface area (Å²) in [5.74, 6) is 1.83. The van der Waals surface area contributed by atoms with Gasteiger partial charge in [-0.15, -0.1) is 0 Å². The zero-order valence-corrected chi connectivity index (χ0v) is 12.3.